The highest BCUT2D eigenvalue weighted by atomic mass is 16.5. The second-order valence-electron chi connectivity index (χ2n) is 4.76. The van der Waals surface area contributed by atoms with Gasteiger partial charge in [0.15, 0.2) is 0 Å². The first-order valence-corrected chi connectivity index (χ1v) is 7.19. The average Bonchev–Trinajstić information content (AvgIpc) is 2.55. The molecular formula is C17H21N3O. The maximum absolute atomic E-state index is 8.48. The minimum Gasteiger partial charge on any atom is -0.496 e. The summed E-state index contributed by atoms with van der Waals surface area (Å²) >= 11 is 0. The zero-order valence-corrected chi connectivity index (χ0v) is 12.5. The highest BCUT2D eigenvalue weighted by Gasteiger charge is 2.14. The maximum atomic E-state index is 8.48. The summed E-state index contributed by atoms with van der Waals surface area (Å²) in [7, 11) is 1.62. The highest BCUT2D eigenvalue weighted by molar-refractivity contribution is 6.15. The summed E-state index contributed by atoms with van der Waals surface area (Å²) in [6, 6.07) is 11.3. The van der Waals surface area contributed by atoms with Crippen molar-refractivity contribution in [2.24, 2.45) is 0 Å². The number of aromatic nitrogens is 1. The predicted octanol–water partition coefficient (Wildman–Crippen LogP) is 3.72. The molecule has 1 heterocycles. The van der Waals surface area contributed by atoms with E-state index in [1.165, 1.54) is 0 Å². The van der Waals surface area contributed by atoms with Crippen molar-refractivity contribution < 1.29 is 4.74 Å². The molecule has 0 saturated heterocycles. The van der Waals surface area contributed by atoms with Gasteiger partial charge >= 0.3 is 0 Å². The van der Waals surface area contributed by atoms with Gasteiger partial charge in [-0.1, -0.05) is 25.5 Å². The zero-order valence-electron chi connectivity index (χ0n) is 12.5. The highest BCUT2D eigenvalue weighted by Crippen LogP contribution is 2.23. The molecule has 0 fully saturated rings. The molecule has 0 saturated carbocycles. The maximum Gasteiger partial charge on any atom is 0.135 e. The van der Waals surface area contributed by atoms with Gasteiger partial charge in [0.25, 0.3) is 0 Å². The Labute approximate surface area is 125 Å². The van der Waals surface area contributed by atoms with E-state index >= 15 is 0 Å². The number of para-hydroxylation sites is 1. The summed E-state index contributed by atoms with van der Waals surface area (Å²) in [5.74, 6) is 1.45. The van der Waals surface area contributed by atoms with Crippen molar-refractivity contribution in [3.05, 3.63) is 53.7 Å². The lowest BCUT2D eigenvalue weighted by Crippen LogP contribution is -2.11. The summed E-state index contributed by atoms with van der Waals surface area (Å²) in [5.41, 5.74) is 1.98. The van der Waals surface area contributed by atoms with Crippen molar-refractivity contribution in [2.75, 3.05) is 19.0 Å². The molecule has 0 spiro atoms. The number of pyridine rings is 1. The lowest BCUT2D eigenvalue weighted by Gasteiger charge is -2.13. The van der Waals surface area contributed by atoms with E-state index in [0.29, 0.717) is 11.5 Å². The van der Waals surface area contributed by atoms with Crippen molar-refractivity contribution in [1.29, 1.82) is 5.41 Å². The van der Waals surface area contributed by atoms with Crippen molar-refractivity contribution in [3.63, 3.8) is 0 Å². The predicted molar refractivity (Wildman–Crippen MR) is 86.6 cm³/mol. The topological polar surface area (TPSA) is 58.0 Å². The van der Waals surface area contributed by atoms with E-state index < -0.39 is 0 Å². The first-order valence-electron chi connectivity index (χ1n) is 7.19. The Bertz CT molecular complexity index is 610. The second kappa shape index (κ2) is 7.43. The summed E-state index contributed by atoms with van der Waals surface area (Å²) < 4.78 is 5.34. The molecule has 0 radical (unpaired) electrons. The van der Waals surface area contributed by atoms with Crippen LogP contribution in [0, 0.1) is 5.41 Å². The molecule has 0 aliphatic carbocycles. The molecule has 2 rings (SSSR count). The summed E-state index contributed by atoms with van der Waals surface area (Å²) in [5, 5.41) is 11.8. The molecule has 1 aromatic heterocycles. The van der Waals surface area contributed by atoms with Gasteiger partial charge in [-0.15, -0.1) is 0 Å². The van der Waals surface area contributed by atoms with Crippen LogP contribution in [0.2, 0.25) is 0 Å². The SMILES string of the molecule is CCCCNc1ncccc1C(=N)c1ccccc1OC. The number of ether oxygens (including phenoxy) is 1. The van der Waals surface area contributed by atoms with Gasteiger partial charge in [-0.05, 0) is 30.7 Å². The monoisotopic (exact) mass is 283 g/mol. The van der Waals surface area contributed by atoms with Crippen LogP contribution >= 0.6 is 0 Å². The van der Waals surface area contributed by atoms with Crippen molar-refractivity contribution >= 4 is 11.5 Å². The number of unbranched alkanes of at least 4 members (excludes halogenated alkanes) is 1. The van der Waals surface area contributed by atoms with Gasteiger partial charge in [0, 0.05) is 23.9 Å². The van der Waals surface area contributed by atoms with Gasteiger partial charge in [-0.2, -0.15) is 0 Å². The van der Waals surface area contributed by atoms with Crippen LogP contribution in [0.1, 0.15) is 30.9 Å². The van der Waals surface area contributed by atoms with Gasteiger partial charge in [-0.3, -0.25) is 5.41 Å². The fourth-order valence-electron chi connectivity index (χ4n) is 2.13. The number of hydrogen-bond donors (Lipinski definition) is 2. The van der Waals surface area contributed by atoms with Crippen LogP contribution in [0.5, 0.6) is 5.75 Å². The number of rotatable bonds is 7. The molecule has 2 N–H and O–H groups in total. The summed E-state index contributed by atoms with van der Waals surface area (Å²) in [6.45, 7) is 3.01. The molecule has 0 unspecified atom stereocenters. The van der Waals surface area contributed by atoms with Crippen molar-refractivity contribution in [2.45, 2.75) is 19.8 Å². The minimum absolute atomic E-state index is 0.416. The molecule has 4 heteroatoms. The number of nitrogens with zero attached hydrogens (tertiary/aromatic N) is 1. The van der Waals surface area contributed by atoms with E-state index in [1.54, 1.807) is 13.3 Å². The molecule has 2 aromatic rings. The average molecular weight is 283 g/mol. The number of hydrogen-bond acceptors (Lipinski definition) is 4. The van der Waals surface area contributed by atoms with Gasteiger partial charge in [0.05, 0.1) is 12.8 Å². The standard InChI is InChI=1S/C17H21N3O/c1-3-4-11-19-17-14(9-7-12-20-17)16(18)13-8-5-6-10-15(13)21-2/h5-10,12,18H,3-4,11H2,1-2H3,(H,19,20). The van der Waals surface area contributed by atoms with E-state index in [2.05, 4.69) is 17.2 Å². The molecule has 1 aromatic carbocycles. The molecule has 0 amide bonds. The number of anilines is 1. The Morgan fingerprint density at radius 2 is 1.95 bits per heavy atom. The summed E-state index contributed by atoms with van der Waals surface area (Å²) in [6.07, 6.45) is 3.95. The van der Waals surface area contributed by atoms with Gasteiger partial charge in [0.1, 0.15) is 11.6 Å². The van der Waals surface area contributed by atoms with Gasteiger partial charge < -0.3 is 10.1 Å². The van der Waals surface area contributed by atoms with Crippen molar-refractivity contribution in [1.82, 2.24) is 4.98 Å². The van der Waals surface area contributed by atoms with Crippen LogP contribution in [0.15, 0.2) is 42.6 Å². The molecule has 21 heavy (non-hydrogen) atoms. The van der Waals surface area contributed by atoms with E-state index in [-0.39, 0.29) is 0 Å². The smallest absolute Gasteiger partial charge is 0.135 e. The Morgan fingerprint density at radius 1 is 1.19 bits per heavy atom. The fourth-order valence-corrected chi connectivity index (χ4v) is 2.13. The first-order chi connectivity index (χ1) is 10.3. The Balaban J connectivity index is 2.30. The molecule has 4 nitrogen and oxygen atoms in total. The third kappa shape index (κ3) is 3.60. The van der Waals surface area contributed by atoms with E-state index in [0.717, 1.165) is 36.3 Å². The molecule has 0 aliphatic heterocycles. The lowest BCUT2D eigenvalue weighted by atomic mass is 10.0. The Kier molecular flexibility index (Phi) is 5.32. The zero-order chi connectivity index (χ0) is 15.1. The van der Waals surface area contributed by atoms with Crippen LogP contribution in [0.25, 0.3) is 0 Å². The first kappa shape index (κ1) is 15.0. The van der Waals surface area contributed by atoms with Crippen LogP contribution < -0.4 is 10.1 Å². The van der Waals surface area contributed by atoms with Crippen LogP contribution in [0.3, 0.4) is 0 Å². The third-order valence-corrected chi connectivity index (χ3v) is 3.28. The lowest BCUT2D eigenvalue weighted by molar-refractivity contribution is 0.414. The molecule has 0 atom stereocenters. The van der Waals surface area contributed by atoms with E-state index in [1.807, 2.05) is 36.4 Å². The fraction of sp³-hybridized carbons (Fsp3) is 0.294. The summed E-state index contributed by atoms with van der Waals surface area (Å²) in [4.78, 5) is 4.36. The Morgan fingerprint density at radius 3 is 2.71 bits per heavy atom. The molecule has 110 valence electrons. The van der Waals surface area contributed by atoms with Gasteiger partial charge in [0.2, 0.25) is 0 Å². The minimum atomic E-state index is 0.416. The number of nitrogens with one attached hydrogen (secondary N) is 2. The largest absolute Gasteiger partial charge is 0.496 e. The van der Waals surface area contributed by atoms with Crippen LogP contribution in [-0.4, -0.2) is 24.4 Å². The number of benzene rings is 1. The van der Waals surface area contributed by atoms with Gasteiger partial charge in [-0.25, -0.2) is 4.98 Å². The Hall–Kier alpha value is -2.36. The quantitative estimate of drug-likeness (QED) is 0.601. The molecule has 0 bridgehead atoms. The van der Waals surface area contributed by atoms with Crippen molar-refractivity contribution in [3.8, 4) is 5.75 Å². The van der Waals surface area contributed by atoms with Crippen LogP contribution in [-0.2, 0) is 0 Å². The van der Waals surface area contributed by atoms with E-state index in [9.17, 15) is 0 Å². The molecular weight excluding hydrogens is 262 g/mol. The second-order valence-corrected chi connectivity index (χ2v) is 4.76. The molecule has 0 aliphatic rings. The third-order valence-electron chi connectivity index (χ3n) is 3.28. The normalized spacial score (nSPS) is 10.2. The van der Waals surface area contributed by atoms with Crippen LogP contribution in [0.4, 0.5) is 5.82 Å². The van der Waals surface area contributed by atoms with E-state index in [4.69, 9.17) is 10.1 Å². The number of methoxy groups -OCH3 is 1.